The van der Waals surface area contributed by atoms with Gasteiger partial charge in [-0.25, -0.2) is 0 Å². The van der Waals surface area contributed by atoms with E-state index >= 15 is 0 Å². The van der Waals surface area contributed by atoms with Crippen molar-refractivity contribution in [2.45, 2.75) is 0 Å². The molecule has 0 aliphatic heterocycles. The number of nitrogens with zero attached hydrogens (tertiary/aromatic N) is 1. The number of ether oxygens (including phenoxy) is 1. The molecule has 0 saturated carbocycles. The van der Waals surface area contributed by atoms with Gasteiger partial charge in [0.1, 0.15) is 12.3 Å². The molecule has 8 heteroatoms. The van der Waals surface area contributed by atoms with Crippen LogP contribution < -0.4 is 15.0 Å². The number of carbonyl (C=O) groups is 2. The first-order valence-corrected chi connectivity index (χ1v) is 10.0. The fourth-order valence-corrected chi connectivity index (χ4v) is 3.03. The molecule has 154 valence electrons. The molecule has 3 rings (SSSR count). The molecule has 3 aromatic carbocycles. The lowest BCUT2D eigenvalue weighted by Crippen LogP contribution is -2.40. The van der Waals surface area contributed by atoms with E-state index in [4.69, 9.17) is 39.5 Å². The molecule has 0 aliphatic rings. The van der Waals surface area contributed by atoms with Gasteiger partial charge in [0.15, 0.2) is 6.61 Å². The van der Waals surface area contributed by atoms with E-state index in [2.05, 4.69) is 5.32 Å². The number of rotatable bonds is 7. The number of para-hydroxylation sites is 1. The Bertz CT molecular complexity index is 1030. The van der Waals surface area contributed by atoms with E-state index in [1.807, 2.05) is 6.07 Å². The summed E-state index contributed by atoms with van der Waals surface area (Å²) in [6.07, 6.45) is 0. The summed E-state index contributed by atoms with van der Waals surface area (Å²) in [7, 11) is 0. The molecule has 0 radical (unpaired) electrons. The number of anilines is 2. The minimum atomic E-state index is -0.392. The van der Waals surface area contributed by atoms with Crippen molar-refractivity contribution in [1.29, 1.82) is 0 Å². The van der Waals surface area contributed by atoms with Crippen LogP contribution in [0, 0.1) is 0 Å². The first kappa shape index (κ1) is 22.0. The Kier molecular flexibility index (Phi) is 7.57. The van der Waals surface area contributed by atoms with Crippen LogP contribution in [0.15, 0.2) is 72.8 Å². The van der Waals surface area contributed by atoms with Crippen LogP contribution in [-0.2, 0) is 9.59 Å². The zero-order chi connectivity index (χ0) is 21.5. The Hall–Kier alpha value is -2.73. The molecule has 2 amide bonds. The van der Waals surface area contributed by atoms with E-state index in [1.54, 1.807) is 66.7 Å². The third kappa shape index (κ3) is 6.13. The third-order valence-corrected chi connectivity index (χ3v) is 5.04. The first-order valence-electron chi connectivity index (χ1n) is 8.91. The van der Waals surface area contributed by atoms with Gasteiger partial charge in [-0.1, -0.05) is 53.0 Å². The summed E-state index contributed by atoms with van der Waals surface area (Å²) in [5.74, 6) is -0.265. The molecular formula is C22H17Cl3N2O3. The van der Waals surface area contributed by atoms with Crippen LogP contribution in [-0.4, -0.2) is 25.0 Å². The van der Waals surface area contributed by atoms with E-state index < -0.39 is 5.91 Å². The summed E-state index contributed by atoms with van der Waals surface area (Å²) < 4.78 is 5.54. The quantitative estimate of drug-likeness (QED) is 0.489. The van der Waals surface area contributed by atoms with Gasteiger partial charge < -0.3 is 15.0 Å². The average Bonchev–Trinajstić information content (AvgIpc) is 2.74. The van der Waals surface area contributed by atoms with Gasteiger partial charge in [-0.2, -0.15) is 0 Å². The molecule has 0 spiro atoms. The first-order chi connectivity index (χ1) is 14.4. The van der Waals surface area contributed by atoms with Crippen molar-refractivity contribution in [3.63, 3.8) is 0 Å². The SMILES string of the molecule is O=C(CN(C(=O)COc1ccc(Cl)cc1)c1ccccc1)Nc1ccc(Cl)c(Cl)c1. The highest BCUT2D eigenvalue weighted by Crippen LogP contribution is 2.25. The maximum Gasteiger partial charge on any atom is 0.265 e. The number of benzene rings is 3. The number of carbonyl (C=O) groups excluding carboxylic acids is 2. The fraction of sp³-hybridized carbons (Fsp3) is 0.0909. The zero-order valence-electron chi connectivity index (χ0n) is 15.6. The monoisotopic (exact) mass is 462 g/mol. The van der Waals surface area contributed by atoms with E-state index in [0.29, 0.717) is 32.2 Å². The summed E-state index contributed by atoms with van der Waals surface area (Å²) in [6, 6.07) is 20.3. The molecule has 3 aromatic rings. The summed E-state index contributed by atoms with van der Waals surface area (Å²) in [5, 5.41) is 3.99. The van der Waals surface area contributed by atoms with E-state index in [1.165, 1.54) is 4.90 Å². The third-order valence-electron chi connectivity index (χ3n) is 4.05. The highest BCUT2D eigenvalue weighted by atomic mass is 35.5. The molecule has 1 N–H and O–H groups in total. The van der Waals surface area contributed by atoms with Crippen LogP contribution in [0.25, 0.3) is 0 Å². The molecule has 0 aromatic heterocycles. The van der Waals surface area contributed by atoms with Gasteiger partial charge in [0.25, 0.3) is 5.91 Å². The summed E-state index contributed by atoms with van der Waals surface area (Å²) in [6.45, 7) is -0.441. The van der Waals surface area contributed by atoms with E-state index in [9.17, 15) is 9.59 Å². The Morgan fingerprint density at radius 3 is 2.23 bits per heavy atom. The van der Waals surface area contributed by atoms with E-state index in [0.717, 1.165) is 0 Å². The molecule has 0 fully saturated rings. The molecule has 30 heavy (non-hydrogen) atoms. The number of hydrogen-bond donors (Lipinski definition) is 1. The van der Waals surface area contributed by atoms with Crippen molar-refractivity contribution in [3.05, 3.63) is 87.9 Å². The van der Waals surface area contributed by atoms with Gasteiger partial charge >= 0.3 is 0 Å². The van der Waals surface area contributed by atoms with Crippen LogP contribution in [0.4, 0.5) is 11.4 Å². The molecule has 0 heterocycles. The maximum absolute atomic E-state index is 12.8. The van der Waals surface area contributed by atoms with Crippen molar-refractivity contribution in [1.82, 2.24) is 0 Å². The van der Waals surface area contributed by atoms with Gasteiger partial charge in [0.2, 0.25) is 5.91 Å². The van der Waals surface area contributed by atoms with Crippen molar-refractivity contribution in [2.24, 2.45) is 0 Å². The smallest absolute Gasteiger partial charge is 0.265 e. The average molecular weight is 464 g/mol. The van der Waals surface area contributed by atoms with Crippen LogP contribution in [0.3, 0.4) is 0 Å². The van der Waals surface area contributed by atoms with Crippen LogP contribution in [0.2, 0.25) is 15.1 Å². The normalized spacial score (nSPS) is 10.4. The summed E-state index contributed by atoms with van der Waals surface area (Å²) in [4.78, 5) is 26.7. The number of hydrogen-bond acceptors (Lipinski definition) is 3. The standard InChI is InChI=1S/C22H17Cl3N2O3/c23-15-6-9-18(10-7-15)30-14-22(29)27(17-4-2-1-3-5-17)13-21(28)26-16-8-11-19(24)20(25)12-16/h1-12H,13-14H2,(H,26,28). The summed E-state index contributed by atoms with van der Waals surface area (Å²) in [5.41, 5.74) is 1.05. The maximum atomic E-state index is 12.8. The fourth-order valence-electron chi connectivity index (χ4n) is 2.60. The highest BCUT2D eigenvalue weighted by molar-refractivity contribution is 6.42. The van der Waals surface area contributed by atoms with E-state index in [-0.39, 0.29) is 19.1 Å². The Morgan fingerprint density at radius 1 is 0.867 bits per heavy atom. The molecule has 0 saturated heterocycles. The van der Waals surface area contributed by atoms with Gasteiger partial charge in [0.05, 0.1) is 10.0 Å². The van der Waals surface area contributed by atoms with Crippen molar-refractivity contribution in [3.8, 4) is 5.75 Å². The van der Waals surface area contributed by atoms with Crippen LogP contribution in [0.1, 0.15) is 0 Å². The number of nitrogens with one attached hydrogen (secondary N) is 1. The molecule has 0 bridgehead atoms. The molecule has 0 aliphatic carbocycles. The minimum absolute atomic E-state index is 0.201. The van der Waals surface area contributed by atoms with Crippen molar-refractivity contribution in [2.75, 3.05) is 23.4 Å². The molecule has 5 nitrogen and oxygen atoms in total. The van der Waals surface area contributed by atoms with Crippen molar-refractivity contribution >= 4 is 58.0 Å². The highest BCUT2D eigenvalue weighted by Gasteiger charge is 2.20. The Balaban J connectivity index is 1.70. The second-order valence-electron chi connectivity index (χ2n) is 6.24. The number of amides is 2. The lowest BCUT2D eigenvalue weighted by atomic mass is 10.2. The predicted molar refractivity (Wildman–Crippen MR) is 121 cm³/mol. The lowest BCUT2D eigenvalue weighted by Gasteiger charge is -2.22. The van der Waals surface area contributed by atoms with Gasteiger partial charge in [-0.15, -0.1) is 0 Å². The molecule has 0 atom stereocenters. The Labute approximate surface area is 189 Å². The lowest BCUT2D eigenvalue weighted by molar-refractivity contribution is -0.123. The zero-order valence-corrected chi connectivity index (χ0v) is 17.9. The predicted octanol–water partition coefficient (Wildman–Crippen LogP) is 5.70. The number of halogens is 3. The second-order valence-corrected chi connectivity index (χ2v) is 7.49. The Morgan fingerprint density at radius 2 is 1.57 bits per heavy atom. The van der Waals surface area contributed by atoms with Crippen LogP contribution >= 0.6 is 34.8 Å². The minimum Gasteiger partial charge on any atom is -0.484 e. The van der Waals surface area contributed by atoms with Gasteiger partial charge in [0, 0.05) is 16.4 Å². The molecule has 0 unspecified atom stereocenters. The largest absolute Gasteiger partial charge is 0.484 e. The van der Waals surface area contributed by atoms with Gasteiger partial charge in [-0.3, -0.25) is 9.59 Å². The topological polar surface area (TPSA) is 58.6 Å². The van der Waals surface area contributed by atoms with Gasteiger partial charge in [-0.05, 0) is 54.6 Å². The molecular weight excluding hydrogens is 447 g/mol. The summed E-state index contributed by atoms with van der Waals surface area (Å²) >= 11 is 17.7. The van der Waals surface area contributed by atoms with Crippen molar-refractivity contribution < 1.29 is 14.3 Å². The van der Waals surface area contributed by atoms with Crippen LogP contribution in [0.5, 0.6) is 5.75 Å². The second kappa shape index (κ2) is 10.3.